The first-order chi connectivity index (χ1) is 8.52. The van der Waals surface area contributed by atoms with E-state index in [1.807, 2.05) is 6.92 Å². The van der Waals surface area contributed by atoms with Crippen LogP contribution in [0.2, 0.25) is 5.02 Å². The van der Waals surface area contributed by atoms with Crippen LogP contribution < -0.4 is 5.32 Å². The van der Waals surface area contributed by atoms with Gasteiger partial charge in [-0.05, 0) is 18.6 Å². The molecule has 18 heavy (non-hydrogen) atoms. The molecule has 6 heteroatoms. The summed E-state index contributed by atoms with van der Waals surface area (Å²) in [6, 6.07) is 3.39. The Morgan fingerprint density at radius 1 is 1.56 bits per heavy atom. The SMILES string of the molecule is CC(CCO)Sc1cc2c(cc1Cl)C(O)C(=O)N2. The Morgan fingerprint density at radius 3 is 2.94 bits per heavy atom. The quantitative estimate of drug-likeness (QED) is 0.743. The molecule has 2 atom stereocenters. The maximum absolute atomic E-state index is 11.3. The van der Waals surface area contributed by atoms with Crippen molar-refractivity contribution in [3.05, 3.63) is 22.7 Å². The van der Waals surface area contributed by atoms with Crippen molar-refractivity contribution in [3.8, 4) is 0 Å². The van der Waals surface area contributed by atoms with Crippen LogP contribution in [-0.2, 0) is 4.79 Å². The minimum atomic E-state index is -1.13. The summed E-state index contributed by atoms with van der Waals surface area (Å²) in [5, 5.41) is 21.8. The molecule has 0 bridgehead atoms. The Hall–Kier alpha value is -0.750. The van der Waals surface area contributed by atoms with Crippen molar-refractivity contribution in [2.24, 2.45) is 0 Å². The van der Waals surface area contributed by atoms with Gasteiger partial charge in [0.2, 0.25) is 0 Å². The molecule has 0 aliphatic carbocycles. The van der Waals surface area contributed by atoms with Gasteiger partial charge in [0.25, 0.3) is 5.91 Å². The number of aliphatic hydroxyl groups excluding tert-OH is 2. The van der Waals surface area contributed by atoms with E-state index in [0.717, 1.165) is 4.90 Å². The van der Waals surface area contributed by atoms with Crippen LogP contribution in [0.4, 0.5) is 5.69 Å². The van der Waals surface area contributed by atoms with Crippen molar-refractivity contribution < 1.29 is 15.0 Å². The van der Waals surface area contributed by atoms with Gasteiger partial charge in [-0.1, -0.05) is 18.5 Å². The normalized spacial score (nSPS) is 19.6. The number of carbonyl (C=O) groups is 1. The number of nitrogens with one attached hydrogen (secondary N) is 1. The molecule has 0 spiro atoms. The van der Waals surface area contributed by atoms with Crippen LogP contribution in [-0.4, -0.2) is 28.0 Å². The van der Waals surface area contributed by atoms with Crippen molar-refractivity contribution in [2.45, 2.75) is 29.6 Å². The number of anilines is 1. The van der Waals surface area contributed by atoms with Gasteiger partial charge in [-0.2, -0.15) is 0 Å². The molecule has 1 heterocycles. The predicted molar refractivity (Wildman–Crippen MR) is 72.1 cm³/mol. The fourth-order valence-corrected chi connectivity index (χ4v) is 3.11. The zero-order valence-electron chi connectivity index (χ0n) is 9.81. The Labute approximate surface area is 114 Å². The number of hydrogen-bond donors (Lipinski definition) is 3. The lowest BCUT2D eigenvalue weighted by Gasteiger charge is -2.12. The van der Waals surface area contributed by atoms with E-state index in [9.17, 15) is 9.90 Å². The fraction of sp³-hybridized carbons (Fsp3) is 0.417. The maximum atomic E-state index is 11.3. The van der Waals surface area contributed by atoms with E-state index in [4.69, 9.17) is 16.7 Å². The number of benzene rings is 1. The van der Waals surface area contributed by atoms with Gasteiger partial charge in [0.1, 0.15) is 0 Å². The van der Waals surface area contributed by atoms with E-state index in [1.54, 1.807) is 12.1 Å². The highest BCUT2D eigenvalue weighted by atomic mass is 35.5. The van der Waals surface area contributed by atoms with E-state index in [2.05, 4.69) is 5.32 Å². The van der Waals surface area contributed by atoms with Crippen molar-refractivity contribution >= 4 is 35.0 Å². The third-order valence-corrected chi connectivity index (χ3v) is 4.42. The Bertz CT molecular complexity index is 481. The number of carbonyl (C=O) groups excluding carboxylic acids is 1. The molecule has 3 N–H and O–H groups in total. The Balaban J connectivity index is 2.24. The molecule has 2 rings (SSSR count). The first kappa shape index (κ1) is 13.7. The summed E-state index contributed by atoms with van der Waals surface area (Å²) in [6.07, 6.45) is -0.459. The maximum Gasteiger partial charge on any atom is 0.257 e. The van der Waals surface area contributed by atoms with E-state index in [-0.39, 0.29) is 11.9 Å². The Morgan fingerprint density at radius 2 is 2.28 bits per heavy atom. The van der Waals surface area contributed by atoms with Crippen molar-refractivity contribution in [3.63, 3.8) is 0 Å². The van der Waals surface area contributed by atoms with E-state index >= 15 is 0 Å². The second kappa shape index (κ2) is 5.48. The Kier molecular flexibility index (Phi) is 4.17. The average molecular weight is 288 g/mol. The van der Waals surface area contributed by atoms with Crippen LogP contribution in [0.15, 0.2) is 17.0 Å². The topological polar surface area (TPSA) is 69.6 Å². The van der Waals surface area contributed by atoms with Gasteiger partial charge < -0.3 is 15.5 Å². The van der Waals surface area contributed by atoms with Gasteiger partial charge in [0, 0.05) is 28.0 Å². The summed E-state index contributed by atoms with van der Waals surface area (Å²) in [5.41, 5.74) is 1.12. The first-order valence-electron chi connectivity index (χ1n) is 5.63. The summed E-state index contributed by atoms with van der Waals surface area (Å²) < 4.78 is 0. The molecule has 0 saturated heterocycles. The summed E-state index contributed by atoms with van der Waals surface area (Å²) in [4.78, 5) is 12.2. The first-order valence-corrected chi connectivity index (χ1v) is 6.88. The van der Waals surface area contributed by atoms with Crippen LogP contribution in [0, 0.1) is 0 Å². The number of aliphatic hydroxyl groups is 2. The van der Waals surface area contributed by atoms with Crippen molar-refractivity contribution in [1.82, 2.24) is 0 Å². The highest BCUT2D eigenvalue weighted by molar-refractivity contribution is 8.00. The van der Waals surface area contributed by atoms with Gasteiger partial charge >= 0.3 is 0 Å². The van der Waals surface area contributed by atoms with Crippen LogP contribution in [0.25, 0.3) is 0 Å². The number of amides is 1. The van der Waals surface area contributed by atoms with Gasteiger partial charge in [-0.15, -0.1) is 11.8 Å². The molecular weight excluding hydrogens is 274 g/mol. The second-order valence-electron chi connectivity index (χ2n) is 4.20. The smallest absolute Gasteiger partial charge is 0.257 e. The molecule has 2 unspecified atom stereocenters. The zero-order chi connectivity index (χ0) is 13.3. The van der Waals surface area contributed by atoms with Gasteiger partial charge in [-0.3, -0.25) is 4.79 Å². The predicted octanol–water partition coefficient (Wildman–Crippen LogP) is 2.19. The number of hydrogen-bond acceptors (Lipinski definition) is 4. The molecule has 1 aromatic carbocycles. The highest BCUT2D eigenvalue weighted by Crippen LogP contribution is 2.40. The molecule has 98 valence electrons. The zero-order valence-corrected chi connectivity index (χ0v) is 11.4. The lowest BCUT2D eigenvalue weighted by atomic mass is 10.1. The molecular formula is C12H14ClNO3S. The molecule has 1 aromatic rings. The summed E-state index contributed by atoms with van der Waals surface area (Å²) >= 11 is 7.67. The monoisotopic (exact) mass is 287 g/mol. The lowest BCUT2D eigenvalue weighted by molar-refractivity contribution is -0.123. The third-order valence-electron chi connectivity index (χ3n) is 2.77. The minimum Gasteiger partial charge on any atom is -0.396 e. The minimum absolute atomic E-state index is 0.131. The number of halogens is 1. The molecule has 4 nitrogen and oxygen atoms in total. The molecule has 0 radical (unpaired) electrons. The fourth-order valence-electron chi connectivity index (χ4n) is 1.79. The number of fused-ring (bicyclic) bond motifs is 1. The van der Waals surface area contributed by atoms with Gasteiger partial charge in [0.15, 0.2) is 6.10 Å². The standard InChI is InChI=1S/C12H14ClNO3S/c1-6(2-3-15)18-10-5-9-7(4-8(10)13)11(16)12(17)14-9/h4-6,11,15-16H,2-3H2,1H3,(H,14,17). The molecule has 0 fully saturated rings. The van der Waals surface area contributed by atoms with Crippen LogP contribution in [0.5, 0.6) is 0 Å². The average Bonchev–Trinajstić information content (AvgIpc) is 2.57. The molecule has 1 amide bonds. The van der Waals surface area contributed by atoms with Gasteiger partial charge in [0.05, 0.1) is 5.02 Å². The van der Waals surface area contributed by atoms with Crippen LogP contribution in [0.3, 0.4) is 0 Å². The second-order valence-corrected chi connectivity index (χ2v) is 6.09. The highest BCUT2D eigenvalue weighted by Gasteiger charge is 2.29. The van der Waals surface area contributed by atoms with Crippen LogP contribution in [0.1, 0.15) is 25.0 Å². The third kappa shape index (κ3) is 2.64. The summed E-state index contributed by atoms with van der Waals surface area (Å²) in [5.74, 6) is -0.424. The van der Waals surface area contributed by atoms with E-state index in [0.29, 0.717) is 22.7 Å². The molecule has 1 aliphatic heterocycles. The van der Waals surface area contributed by atoms with Crippen molar-refractivity contribution in [1.29, 1.82) is 0 Å². The molecule has 0 saturated carbocycles. The lowest BCUT2D eigenvalue weighted by Crippen LogP contribution is -2.10. The van der Waals surface area contributed by atoms with Crippen LogP contribution >= 0.6 is 23.4 Å². The molecule has 0 aromatic heterocycles. The van der Waals surface area contributed by atoms with E-state index < -0.39 is 12.0 Å². The summed E-state index contributed by atoms with van der Waals surface area (Å²) in [7, 11) is 0. The number of rotatable bonds is 4. The molecule has 1 aliphatic rings. The van der Waals surface area contributed by atoms with Gasteiger partial charge in [-0.25, -0.2) is 0 Å². The number of thioether (sulfide) groups is 1. The largest absolute Gasteiger partial charge is 0.396 e. The summed E-state index contributed by atoms with van der Waals surface area (Å²) in [6.45, 7) is 2.13. The van der Waals surface area contributed by atoms with Crippen molar-refractivity contribution in [2.75, 3.05) is 11.9 Å². The van der Waals surface area contributed by atoms with E-state index in [1.165, 1.54) is 11.8 Å².